The van der Waals surface area contributed by atoms with Gasteiger partial charge in [-0.3, -0.25) is 4.79 Å². The quantitative estimate of drug-likeness (QED) is 0.773. The minimum Gasteiger partial charge on any atom is -0.497 e. The first kappa shape index (κ1) is 12.3. The van der Waals surface area contributed by atoms with E-state index in [0.29, 0.717) is 17.1 Å². The lowest BCUT2D eigenvalue weighted by Crippen LogP contribution is -2.46. The zero-order valence-electron chi connectivity index (χ0n) is 9.61. The Morgan fingerprint density at radius 2 is 1.94 bits per heavy atom. The van der Waals surface area contributed by atoms with Gasteiger partial charge in [-0.2, -0.15) is 0 Å². The van der Waals surface area contributed by atoms with Crippen LogP contribution in [0.25, 0.3) is 0 Å². The van der Waals surface area contributed by atoms with Crippen molar-refractivity contribution in [2.45, 2.75) is 12.5 Å². The second-order valence-electron chi connectivity index (χ2n) is 3.63. The molecule has 0 saturated heterocycles. The monoisotopic (exact) mass is 224 g/mol. The van der Waals surface area contributed by atoms with Crippen LogP contribution in [0.1, 0.15) is 12.5 Å². The van der Waals surface area contributed by atoms with E-state index in [2.05, 4.69) is 0 Å². The third-order valence-corrected chi connectivity index (χ3v) is 2.48. The number of hydrogen-bond donors (Lipinski definition) is 2. The van der Waals surface area contributed by atoms with Crippen molar-refractivity contribution in [3.05, 3.63) is 23.8 Å². The zero-order chi connectivity index (χ0) is 12.3. The first-order valence-electron chi connectivity index (χ1n) is 4.74. The Morgan fingerprint density at radius 1 is 1.31 bits per heavy atom. The van der Waals surface area contributed by atoms with E-state index in [9.17, 15) is 4.79 Å². The minimum atomic E-state index is -1.27. The third-order valence-electron chi connectivity index (χ3n) is 2.48. The highest BCUT2D eigenvalue weighted by atomic mass is 16.5. The largest absolute Gasteiger partial charge is 0.497 e. The van der Waals surface area contributed by atoms with Gasteiger partial charge in [-0.15, -0.1) is 0 Å². The Hall–Kier alpha value is -1.75. The van der Waals surface area contributed by atoms with E-state index in [1.165, 1.54) is 7.11 Å². The molecule has 4 N–H and O–H groups in total. The van der Waals surface area contributed by atoms with Gasteiger partial charge in [0, 0.05) is 11.6 Å². The van der Waals surface area contributed by atoms with Crippen LogP contribution in [-0.4, -0.2) is 20.1 Å². The Kier molecular flexibility index (Phi) is 3.39. The van der Waals surface area contributed by atoms with Crippen LogP contribution in [0, 0.1) is 0 Å². The van der Waals surface area contributed by atoms with Crippen molar-refractivity contribution < 1.29 is 14.3 Å². The molecular formula is C11H16N2O3. The molecule has 1 unspecified atom stereocenters. The summed E-state index contributed by atoms with van der Waals surface area (Å²) in [5.74, 6) is 0.486. The van der Waals surface area contributed by atoms with E-state index < -0.39 is 11.4 Å². The third kappa shape index (κ3) is 2.09. The minimum absolute atomic E-state index is 0.475. The van der Waals surface area contributed by atoms with E-state index in [1.54, 1.807) is 32.2 Å². The number of nitrogens with two attached hydrogens (primary N) is 2. The maximum absolute atomic E-state index is 11.3. The summed E-state index contributed by atoms with van der Waals surface area (Å²) < 4.78 is 10.2. The molecular weight excluding hydrogens is 208 g/mol. The standard InChI is InChI=1S/C11H16N2O3/c1-11(13,10(12)14)8-5-4-7(15-2)6-9(8)16-3/h4-6H,13H2,1-3H3,(H2,12,14). The predicted molar refractivity (Wildman–Crippen MR) is 60.3 cm³/mol. The van der Waals surface area contributed by atoms with Crippen molar-refractivity contribution in [1.82, 2.24) is 0 Å². The van der Waals surface area contributed by atoms with Crippen molar-refractivity contribution in [2.24, 2.45) is 11.5 Å². The van der Waals surface area contributed by atoms with Crippen LogP contribution in [-0.2, 0) is 10.3 Å². The molecule has 0 heterocycles. The van der Waals surface area contributed by atoms with Crippen molar-refractivity contribution in [2.75, 3.05) is 14.2 Å². The summed E-state index contributed by atoms with van der Waals surface area (Å²) in [6.45, 7) is 1.54. The highest BCUT2D eigenvalue weighted by Crippen LogP contribution is 2.31. The number of benzene rings is 1. The van der Waals surface area contributed by atoms with Crippen LogP contribution in [0.15, 0.2) is 18.2 Å². The fourth-order valence-electron chi connectivity index (χ4n) is 1.36. The zero-order valence-corrected chi connectivity index (χ0v) is 9.61. The Morgan fingerprint density at radius 3 is 2.38 bits per heavy atom. The summed E-state index contributed by atoms with van der Waals surface area (Å²) in [7, 11) is 3.04. The van der Waals surface area contributed by atoms with Gasteiger partial charge in [0.1, 0.15) is 17.0 Å². The fraction of sp³-hybridized carbons (Fsp3) is 0.364. The van der Waals surface area contributed by atoms with E-state index in [-0.39, 0.29) is 0 Å². The first-order chi connectivity index (χ1) is 7.43. The summed E-state index contributed by atoms with van der Waals surface area (Å²) in [6, 6.07) is 5.03. The topological polar surface area (TPSA) is 87.6 Å². The normalized spacial score (nSPS) is 14.0. The van der Waals surface area contributed by atoms with Crippen LogP contribution in [0.5, 0.6) is 11.5 Å². The van der Waals surface area contributed by atoms with Crippen LogP contribution in [0.2, 0.25) is 0 Å². The van der Waals surface area contributed by atoms with E-state index in [0.717, 1.165) is 0 Å². The molecule has 5 nitrogen and oxygen atoms in total. The lowest BCUT2D eigenvalue weighted by molar-refractivity contribution is -0.122. The van der Waals surface area contributed by atoms with Crippen LogP contribution >= 0.6 is 0 Å². The van der Waals surface area contributed by atoms with Gasteiger partial charge in [0.05, 0.1) is 14.2 Å². The molecule has 1 atom stereocenters. The Balaban J connectivity index is 3.28. The average molecular weight is 224 g/mol. The molecule has 0 fully saturated rings. The highest BCUT2D eigenvalue weighted by Gasteiger charge is 2.31. The molecule has 88 valence electrons. The predicted octanol–water partition coefficient (Wildman–Crippen LogP) is 0.363. The number of primary amides is 1. The van der Waals surface area contributed by atoms with Gasteiger partial charge in [-0.05, 0) is 19.1 Å². The van der Waals surface area contributed by atoms with Gasteiger partial charge >= 0.3 is 0 Å². The molecule has 0 aliphatic rings. The number of amides is 1. The molecule has 1 aromatic carbocycles. The number of rotatable bonds is 4. The van der Waals surface area contributed by atoms with Gasteiger partial charge in [-0.1, -0.05) is 0 Å². The maximum atomic E-state index is 11.3. The van der Waals surface area contributed by atoms with Crippen molar-refractivity contribution in [1.29, 1.82) is 0 Å². The lowest BCUT2D eigenvalue weighted by Gasteiger charge is -2.23. The average Bonchev–Trinajstić information content (AvgIpc) is 2.27. The van der Waals surface area contributed by atoms with Crippen molar-refractivity contribution >= 4 is 5.91 Å². The Labute approximate surface area is 94.3 Å². The molecule has 0 radical (unpaired) electrons. The smallest absolute Gasteiger partial charge is 0.241 e. The molecule has 0 spiro atoms. The molecule has 1 amide bonds. The van der Waals surface area contributed by atoms with Crippen LogP contribution in [0.3, 0.4) is 0 Å². The van der Waals surface area contributed by atoms with Crippen LogP contribution < -0.4 is 20.9 Å². The molecule has 0 aromatic heterocycles. The summed E-state index contributed by atoms with van der Waals surface area (Å²) in [4.78, 5) is 11.3. The van der Waals surface area contributed by atoms with Gasteiger partial charge in [0.15, 0.2) is 0 Å². The number of hydrogen-bond acceptors (Lipinski definition) is 4. The first-order valence-corrected chi connectivity index (χ1v) is 4.74. The second-order valence-corrected chi connectivity index (χ2v) is 3.63. The van der Waals surface area contributed by atoms with Gasteiger partial charge in [0.25, 0.3) is 0 Å². The highest BCUT2D eigenvalue weighted by molar-refractivity contribution is 5.86. The number of ether oxygens (including phenoxy) is 2. The summed E-state index contributed by atoms with van der Waals surface area (Å²) in [5.41, 5.74) is 10.4. The van der Waals surface area contributed by atoms with Crippen LogP contribution in [0.4, 0.5) is 0 Å². The fourth-order valence-corrected chi connectivity index (χ4v) is 1.36. The summed E-state index contributed by atoms with van der Waals surface area (Å²) in [6.07, 6.45) is 0. The maximum Gasteiger partial charge on any atom is 0.241 e. The van der Waals surface area contributed by atoms with E-state index in [1.807, 2.05) is 0 Å². The van der Waals surface area contributed by atoms with Gasteiger partial charge in [0.2, 0.25) is 5.91 Å². The Bertz CT molecular complexity index is 402. The molecule has 16 heavy (non-hydrogen) atoms. The molecule has 1 aromatic rings. The van der Waals surface area contributed by atoms with E-state index in [4.69, 9.17) is 20.9 Å². The number of carbonyl (C=O) groups is 1. The lowest BCUT2D eigenvalue weighted by atomic mass is 9.91. The summed E-state index contributed by atoms with van der Waals surface area (Å²) in [5, 5.41) is 0. The molecule has 0 aliphatic carbocycles. The molecule has 0 aliphatic heterocycles. The molecule has 0 saturated carbocycles. The molecule has 0 bridgehead atoms. The SMILES string of the molecule is COc1ccc(C(C)(N)C(N)=O)c(OC)c1. The van der Waals surface area contributed by atoms with Gasteiger partial charge in [-0.25, -0.2) is 0 Å². The molecule has 5 heteroatoms. The van der Waals surface area contributed by atoms with Gasteiger partial charge < -0.3 is 20.9 Å². The van der Waals surface area contributed by atoms with Crippen molar-refractivity contribution in [3.8, 4) is 11.5 Å². The van der Waals surface area contributed by atoms with Crippen molar-refractivity contribution in [3.63, 3.8) is 0 Å². The number of carbonyl (C=O) groups excluding carboxylic acids is 1. The van der Waals surface area contributed by atoms with E-state index >= 15 is 0 Å². The second kappa shape index (κ2) is 4.40. The number of methoxy groups -OCH3 is 2. The summed E-state index contributed by atoms with van der Waals surface area (Å²) >= 11 is 0. The molecule has 1 rings (SSSR count).